The molecule has 0 unspecified atom stereocenters. The van der Waals surface area contributed by atoms with Gasteiger partial charge in [-0.15, -0.1) is 0 Å². The van der Waals surface area contributed by atoms with Gasteiger partial charge in [0, 0.05) is 11.0 Å². The number of hydrogen-bond donors (Lipinski definition) is 0. The molecule has 0 atom stereocenters. The number of benzene rings is 1. The maximum atomic E-state index is 12.2. The van der Waals surface area contributed by atoms with Crippen molar-refractivity contribution in [2.24, 2.45) is 0 Å². The summed E-state index contributed by atoms with van der Waals surface area (Å²) in [7, 11) is 0. The second kappa shape index (κ2) is 7.02. The molecule has 3 nitrogen and oxygen atoms in total. The largest absolute Gasteiger partial charge is 0.274 e. The van der Waals surface area contributed by atoms with Gasteiger partial charge in [-0.2, -0.15) is 0 Å². The summed E-state index contributed by atoms with van der Waals surface area (Å²) in [5.41, 5.74) is 1.06. The molecule has 2 rings (SSSR count). The smallest absolute Gasteiger partial charge is 0.261 e. The van der Waals surface area contributed by atoms with Crippen LogP contribution in [0.1, 0.15) is 66.2 Å². The van der Waals surface area contributed by atoms with Crippen LogP contribution in [-0.2, 0) is 0 Å². The zero-order valence-electron chi connectivity index (χ0n) is 11.8. The molecule has 1 aliphatic heterocycles. The van der Waals surface area contributed by atoms with E-state index in [-0.39, 0.29) is 11.8 Å². The first-order valence-corrected chi connectivity index (χ1v) is 8.10. The number of carbonyl (C=O) groups excluding carboxylic acids is 2. The molecule has 20 heavy (non-hydrogen) atoms. The number of nitrogens with zero attached hydrogens (tertiary/aromatic N) is 1. The monoisotopic (exact) mass is 337 g/mol. The van der Waals surface area contributed by atoms with E-state index < -0.39 is 0 Å². The van der Waals surface area contributed by atoms with Gasteiger partial charge in [-0.1, -0.05) is 55.0 Å². The number of imide groups is 1. The fraction of sp³-hybridized carbons (Fsp3) is 0.500. The molecule has 0 spiro atoms. The summed E-state index contributed by atoms with van der Waals surface area (Å²) in [5.74, 6) is -0.300. The SMILES string of the molecule is CCCCCCCCN1C(=O)c2ccc(Br)cc2C1=O. The van der Waals surface area contributed by atoms with Gasteiger partial charge in [0.05, 0.1) is 11.1 Å². The van der Waals surface area contributed by atoms with Crippen LogP contribution in [0.4, 0.5) is 0 Å². The Hall–Kier alpha value is -1.16. The van der Waals surface area contributed by atoms with Crippen LogP contribution in [0, 0.1) is 0 Å². The first-order valence-electron chi connectivity index (χ1n) is 7.31. The van der Waals surface area contributed by atoms with E-state index in [1.807, 2.05) is 0 Å². The summed E-state index contributed by atoms with van der Waals surface area (Å²) in [6, 6.07) is 5.26. The Labute approximate surface area is 128 Å². The van der Waals surface area contributed by atoms with Gasteiger partial charge in [-0.05, 0) is 24.6 Å². The second-order valence-electron chi connectivity index (χ2n) is 5.22. The predicted octanol–water partition coefficient (Wildman–Crippen LogP) is 4.41. The van der Waals surface area contributed by atoms with E-state index in [1.54, 1.807) is 18.2 Å². The quantitative estimate of drug-likeness (QED) is 0.546. The van der Waals surface area contributed by atoms with Crippen molar-refractivity contribution in [1.82, 2.24) is 4.90 Å². The highest BCUT2D eigenvalue weighted by molar-refractivity contribution is 9.10. The number of amides is 2. The van der Waals surface area contributed by atoms with Crippen LogP contribution in [0.2, 0.25) is 0 Å². The fourth-order valence-corrected chi connectivity index (χ4v) is 2.88. The van der Waals surface area contributed by atoms with Gasteiger partial charge in [0.25, 0.3) is 11.8 Å². The topological polar surface area (TPSA) is 37.4 Å². The molecule has 1 aliphatic rings. The minimum atomic E-state index is -0.153. The third kappa shape index (κ3) is 3.29. The Bertz CT molecular complexity index is 513. The highest BCUT2D eigenvalue weighted by Crippen LogP contribution is 2.26. The fourth-order valence-electron chi connectivity index (χ4n) is 2.52. The molecule has 0 aromatic heterocycles. The molecule has 0 fully saturated rings. The van der Waals surface area contributed by atoms with Crippen molar-refractivity contribution >= 4 is 27.7 Å². The Morgan fingerprint density at radius 1 is 0.950 bits per heavy atom. The molecule has 108 valence electrons. The number of fused-ring (bicyclic) bond motifs is 1. The van der Waals surface area contributed by atoms with E-state index in [1.165, 1.54) is 30.6 Å². The van der Waals surface area contributed by atoms with Crippen LogP contribution in [-0.4, -0.2) is 23.3 Å². The van der Waals surface area contributed by atoms with Crippen molar-refractivity contribution < 1.29 is 9.59 Å². The van der Waals surface area contributed by atoms with E-state index in [4.69, 9.17) is 0 Å². The molecule has 0 saturated heterocycles. The van der Waals surface area contributed by atoms with E-state index >= 15 is 0 Å². The first-order chi connectivity index (χ1) is 9.65. The van der Waals surface area contributed by atoms with Crippen molar-refractivity contribution in [3.8, 4) is 0 Å². The van der Waals surface area contributed by atoms with Crippen molar-refractivity contribution in [3.05, 3.63) is 33.8 Å². The number of carbonyl (C=O) groups is 2. The third-order valence-electron chi connectivity index (χ3n) is 3.67. The van der Waals surface area contributed by atoms with Crippen LogP contribution < -0.4 is 0 Å². The van der Waals surface area contributed by atoms with Gasteiger partial charge in [-0.25, -0.2) is 0 Å². The van der Waals surface area contributed by atoms with Crippen LogP contribution in [0.25, 0.3) is 0 Å². The standard InChI is InChI=1S/C16H20BrNO2/c1-2-3-4-5-6-7-10-18-15(19)13-9-8-12(17)11-14(13)16(18)20/h8-9,11H,2-7,10H2,1H3. The molecule has 0 saturated carbocycles. The number of hydrogen-bond acceptors (Lipinski definition) is 2. The summed E-state index contributed by atoms with van der Waals surface area (Å²) in [4.78, 5) is 25.8. The molecule has 1 aromatic carbocycles. The molecule has 0 N–H and O–H groups in total. The molecule has 0 radical (unpaired) electrons. The summed E-state index contributed by atoms with van der Waals surface area (Å²) < 4.78 is 0.832. The predicted molar refractivity (Wildman–Crippen MR) is 82.9 cm³/mol. The number of rotatable bonds is 7. The van der Waals surface area contributed by atoms with Crippen LogP contribution in [0.3, 0.4) is 0 Å². The van der Waals surface area contributed by atoms with Crippen LogP contribution in [0.15, 0.2) is 22.7 Å². The van der Waals surface area contributed by atoms with E-state index in [9.17, 15) is 9.59 Å². The lowest BCUT2D eigenvalue weighted by Crippen LogP contribution is -2.30. The highest BCUT2D eigenvalue weighted by Gasteiger charge is 2.34. The van der Waals surface area contributed by atoms with Gasteiger partial charge in [0.1, 0.15) is 0 Å². The first kappa shape index (κ1) is 15.2. The summed E-state index contributed by atoms with van der Waals surface area (Å²) >= 11 is 3.34. The third-order valence-corrected chi connectivity index (χ3v) is 4.16. The Balaban J connectivity index is 1.89. The minimum Gasteiger partial charge on any atom is -0.274 e. The Kier molecular flexibility index (Phi) is 5.35. The lowest BCUT2D eigenvalue weighted by molar-refractivity contribution is 0.0651. The van der Waals surface area contributed by atoms with E-state index in [2.05, 4.69) is 22.9 Å². The second-order valence-corrected chi connectivity index (χ2v) is 6.14. The Morgan fingerprint density at radius 3 is 2.35 bits per heavy atom. The van der Waals surface area contributed by atoms with Crippen molar-refractivity contribution in [2.75, 3.05) is 6.54 Å². The van der Waals surface area contributed by atoms with Crippen molar-refractivity contribution in [3.63, 3.8) is 0 Å². The molecular weight excluding hydrogens is 318 g/mol. The zero-order chi connectivity index (χ0) is 14.5. The van der Waals surface area contributed by atoms with Gasteiger partial charge in [0.2, 0.25) is 0 Å². The highest BCUT2D eigenvalue weighted by atomic mass is 79.9. The van der Waals surface area contributed by atoms with Crippen molar-refractivity contribution in [1.29, 1.82) is 0 Å². The lowest BCUT2D eigenvalue weighted by atomic mass is 10.1. The lowest BCUT2D eigenvalue weighted by Gasteiger charge is -2.13. The maximum absolute atomic E-state index is 12.2. The van der Waals surface area contributed by atoms with Crippen LogP contribution in [0.5, 0.6) is 0 Å². The van der Waals surface area contributed by atoms with Gasteiger partial charge < -0.3 is 0 Å². The van der Waals surface area contributed by atoms with Crippen LogP contribution >= 0.6 is 15.9 Å². The van der Waals surface area contributed by atoms with E-state index in [0.29, 0.717) is 17.7 Å². The molecule has 0 bridgehead atoms. The normalized spacial score (nSPS) is 14.0. The molecular formula is C16H20BrNO2. The van der Waals surface area contributed by atoms with Gasteiger partial charge in [0.15, 0.2) is 0 Å². The zero-order valence-corrected chi connectivity index (χ0v) is 13.4. The van der Waals surface area contributed by atoms with Gasteiger partial charge in [-0.3, -0.25) is 14.5 Å². The number of unbranched alkanes of at least 4 members (excludes halogenated alkanes) is 5. The average molecular weight is 338 g/mol. The summed E-state index contributed by atoms with van der Waals surface area (Å²) in [5, 5.41) is 0. The average Bonchev–Trinajstić information content (AvgIpc) is 2.67. The molecule has 4 heteroatoms. The maximum Gasteiger partial charge on any atom is 0.261 e. The minimum absolute atomic E-state index is 0.147. The molecule has 1 aromatic rings. The molecule has 1 heterocycles. The molecule has 2 amide bonds. The summed E-state index contributed by atoms with van der Waals surface area (Å²) in [6.07, 6.45) is 6.90. The Morgan fingerprint density at radius 2 is 1.60 bits per heavy atom. The van der Waals surface area contributed by atoms with Gasteiger partial charge >= 0.3 is 0 Å². The molecule has 0 aliphatic carbocycles. The van der Waals surface area contributed by atoms with Crippen molar-refractivity contribution in [2.45, 2.75) is 45.4 Å². The number of halogens is 1. The van der Waals surface area contributed by atoms with E-state index in [0.717, 1.165) is 17.3 Å². The summed E-state index contributed by atoms with van der Waals surface area (Å²) in [6.45, 7) is 2.73.